The van der Waals surface area contributed by atoms with Gasteiger partial charge in [0.05, 0.1) is 12.6 Å². The van der Waals surface area contributed by atoms with E-state index in [0.29, 0.717) is 6.04 Å². The maximum atomic E-state index is 5.99. The Morgan fingerprint density at radius 3 is 3.06 bits per heavy atom. The lowest BCUT2D eigenvalue weighted by Gasteiger charge is -2.15. The van der Waals surface area contributed by atoms with Gasteiger partial charge in [-0.05, 0) is 37.4 Å². The van der Waals surface area contributed by atoms with Crippen LogP contribution in [0.5, 0.6) is 0 Å². The van der Waals surface area contributed by atoms with Gasteiger partial charge in [0, 0.05) is 6.42 Å². The van der Waals surface area contributed by atoms with Crippen LogP contribution in [0.2, 0.25) is 0 Å². The average molecular weight is 244 g/mol. The Balaban J connectivity index is 1.59. The Labute approximate surface area is 108 Å². The van der Waals surface area contributed by atoms with Crippen molar-refractivity contribution in [2.24, 2.45) is 4.99 Å². The van der Waals surface area contributed by atoms with Crippen molar-refractivity contribution in [1.82, 2.24) is 5.32 Å². The summed E-state index contributed by atoms with van der Waals surface area (Å²) in [6, 6.07) is 8.89. The Hall–Kier alpha value is -1.35. The van der Waals surface area contributed by atoms with Gasteiger partial charge in [-0.3, -0.25) is 4.99 Å². The van der Waals surface area contributed by atoms with Gasteiger partial charge in [0.2, 0.25) is 5.90 Å². The Morgan fingerprint density at radius 2 is 2.28 bits per heavy atom. The van der Waals surface area contributed by atoms with Gasteiger partial charge in [0.15, 0.2) is 0 Å². The molecule has 3 nitrogen and oxygen atoms in total. The van der Waals surface area contributed by atoms with Crippen LogP contribution in [0, 0.1) is 6.92 Å². The van der Waals surface area contributed by atoms with Crippen LogP contribution in [0.4, 0.5) is 0 Å². The van der Waals surface area contributed by atoms with Crippen molar-refractivity contribution in [1.29, 1.82) is 0 Å². The second-order valence-corrected chi connectivity index (χ2v) is 5.20. The van der Waals surface area contributed by atoms with Crippen LogP contribution in [-0.2, 0) is 11.2 Å². The van der Waals surface area contributed by atoms with Gasteiger partial charge >= 0.3 is 0 Å². The minimum Gasteiger partial charge on any atom is -0.474 e. The summed E-state index contributed by atoms with van der Waals surface area (Å²) < 4.78 is 5.99. The molecule has 3 heteroatoms. The molecular formula is C15H20N2O. The number of aryl methyl sites for hydroxylation is 1. The molecule has 0 spiro atoms. The first kappa shape index (κ1) is 11.7. The predicted octanol–water partition coefficient (Wildman–Crippen LogP) is 2.09. The highest BCUT2D eigenvalue weighted by molar-refractivity contribution is 5.83. The average Bonchev–Trinajstić information content (AvgIpc) is 3.02. The zero-order chi connectivity index (χ0) is 12.4. The molecule has 1 aromatic rings. The van der Waals surface area contributed by atoms with Crippen LogP contribution in [0.15, 0.2) is 29.3 Å². The second kappa shape index (κ2) is 5.11. The third-order valence-corrected chi connectivity index (χ3v) is 3.81. The first-order valence-electron chi connectivity index (χ1n) is 6.82. The molecule has 2 aliphatic rings. The highest BCUT2D eigenvalue weighted by Gasteiger charge is 2.28. The quantitative estimate of drug-likeness (QED) is 0.883. The predicted molar refractivity (Wildman–Crippen MR) is 73.1 cm³/mol. The molecular weight excluding hydrogens is 224 g/mol. The van der Waals surface area contributed by atoms with E-state index in [1.165, 1.54) is 17.5 Å². The zero-order valence-electron chi connectivity index (χ0n) is 10.9. The fourth-order valence-corrected chi connectivity index (χ4v) is 2.72. The first-order valence-corrected chi connectivity index (χ1v) is 6.82. The maximum Gasteiger partial charge on any atom is 0.201 e. The highest BCUT2D eigenvalue weighted by Crippen LogP contribution is 2.18. The van der Waals surface area contributed by atoms with E-state index in [2.05, 4.69) is 41.5 Å². The van der Waals surface area contributed by atoms with Crippen molar-refractivity contribution in [3.8, 4) is 0 Å². The van der Waals surface area contributed by atoms with E-state index in [4.69, 9.17) is 4.74 Å². The fourth-order valence-electron chi connectivity index (χ4n) is 2.72. The number of hydrogen-bond acceptors (Lipinski definition) is 3. The lowest BCUT2D eigenvalue weighted by Crippen LogP contribution is -2.32. The SMILES string of the molecule is Cc1ccccc1CC1CN=C(C2CCCN2)O1. The number of nitrogens with one attached hydrogen (secondary N) is 1. The van der Waals surface area contributed by atoms with Crippen molar-refractivity contribution in [3.05, 3.63) is 35.4 Å². The summed E-state index contributed by atoms with van der Waals surface area (Å²) >= 11 is 0. The molecule has 96 valence electrons. The molecule has 2 atom stereocenters. The van der Waals surface area contributed by atoms with E-state index in [-0.39, 0.29) is 6.10 Å². The van der Waals surface area contributed by atoms with Gasteiger partial charge in [-0.2, -0.15) is 0 Å². The van der Waals surface area contributed by atoms with Crippen molar-refractivity contribution in [3.63, 3.8) is 0 Å². The minimum atomic E-state index is 0.225. The number of benzene rings is 1. The molecule has 0 radical (unpaired) electrons. The molecule has 1 aromatic carbocycles. The summed E-state index contributed by atoms with van der Waals surface area (Å²) in [6.45, 7) is 4.06. The minimum absolute atomic E-state index is 0.225. The first-order chi connectivity index (χ1) is 8.83. The Bertz CT molecular complexity index is 450. The molecule has 2 unspecified atom stereocenters. The van der Waals surface area contributed by atoms with E-state index < -0.39 is 0 Å². The third-order valence-electron chi connectivity index (χ3n) is 3.81. The number of hydrogen-bond donors (Lipinski definition) is 1. The van der Waals surface area contributed by atoms with Crippen molar-refractivity contribution in [2.75, 3.05) is 13.1 Å². The molecule has 2 heterocycles. The van der Waals surface area contributed by atoms with E-state index in [9.17, 15) is 0 Å². The Morgan fingerprint density at radius 1 is 1.39 bits per heavy atom. The van der Waals surface area contributed by atoms with Crippen molar-refractivity contribution in [2.45, 2.75) is 38.3 Å². The summed E-state index contributed by atoms with van der Waals surface area (Å²) in [5.41, 5.74) is 2.71. The number of rotatable bonds is 3. The van der Waals surface area contributed by atoms with E-state index in [1.54, 1.807) is 0 Å². The topological polar surface area (TPSA) is 33.6 Å². The normalized spacial score (nSPS) is 27.1. The Kier molecular flexibility index (Phi) is 3.33. The van der Waals surface area contributed by atoms with Crippen LogP contribution in [-0.4, -0.2) is 31.1 Å². The summed E-state index contributed by atoms with van der Waals surface area (Å²) in [7, 11) is 0. The molecule has 1 N–H and O–H groups in total. The van der Waals surface area contributed by atoms with Gasteiger partial charge in [0.25, 0.3) is 0 Å². The van der Waals surface area contributed by atoms with E-state index >= 15 is 0 Å². The van der Waals surface area contributed by atoms with Crippen molar-refractivity contribution >= 4 is 5.90 Å². The van der Waals surface area contributed by atoms with Gasteiger partial charge in [-0.15, -0.1) is 0 Å². The van der Waals surface area contributed by atoms with Gasteiger partial charge in [0.1, 0.15) is 6.10 Å². The molecule has 0 aromatic heterocycles. The molecule has 18 heavy (non-hydrogen) atoms. The van der Waals surface area contributed by atoms with E-state index in [1.807, 2.05) is 0 Å². The second-order valence-electron chi connectivity index (χ2n) is 5.20. The maximum absolute atomic E-state index is 5.99. The molecule has 1 fully saturated rings. The largest absolute Gasteiger partial charge is 0.474 e. The number of aliphatic imine (C=N–C) groups is 1. The standard InChI is InChI=1S/C15H20N2O/c1-11-5-2-3-6-12(11)9-13-10-17-15(18-13)14-7-4-8-16-14/h2-3,5-6,13-14,16H,4,7-10H2,1H3. The van der Waals surface area contributed by atoms with Crippen LogP contribution in [0.3, 0.4) is 0 Å². The lowest BCUT2D eigenvalue weighted by atomic mass is 10.0. The molecule has 0 aliphatic carbocycles. The molecule has 0 amide bonds. The smallest absolute Gasteiger partial charge is 0.201 e. The fraction of sp³-hybridized carbons (Fsp3) is 0.533. The van der Waals surface area contributed by atoms with Gasteiger partial charge in [-0.1, -0.05) is 24.3 Å². The van der Waals surface area contributed by atoms with Crippen LogP contribution in [0.1, 0.15) is 24.0 Å². The zero-order valence-corrected chi connectivity index (χ0v) is 10.9. The number of ether oxygens (including phenoxy) is 1. The summed E-state index contributed by atoms with van der Waals surface area (Å²) in [4.78, 5) is 4.56. The summed E-state index contributed by atoms with van der Waals surface area (Å²) in [6.07, 6.45) is 3.58. The summed E-state index contributed by atoms with van der Waals surface area (Å²) in [5.74, 6) is 0.936. The molecule has 3 rings (SSSR count). The van der Waals surface area contributed by atoms with Crippen LogP contribution in [0.25, 0.3) is 0 Å². The van der Waals surface area contributed by atoms with Crippen LogP contribution < -0.4 is 5.32 Å². The monoisotopic (exact) mass is 244 g/mol. The molecule has 1 saturated heterocycles. The molecule has 2 aliphatic heterocycles. The summed E-state index contributed by atoms with van der Waals surface area (Å²) in [5, 5.41) is 3.44. The molecule has 0 saturated carbocycles. The third kappa shape index (κ3) is 2.41. The van der Waals surface area contributed by atoms with Gasteiger partial charge < -0.3 is 10.1 Å². The highest BCUT2D eigenvalue weighted by atomic mass is 16.5. The van der Waals surface area contributed by atoms with E-state index in [0.717, 1.165) is 31.8 Å². The number of nitrogens with zero attached hydrogens (tertiary/aromatic N) is 1. The van der Waals surface area contributed by atoms with Gasteiger partial charge in [-0.25, -0.2) is 0 Å². The van der Waals surface area contributed by atoms with Crippen LogP contribution >= 0.6 is 0 Å². The lowest BCUT2D eigenvalue weighted by molar-refractivity contribution is 0.214. The van der Waals surface area contributed by atoms with Crippen molar-refractivity contribution < 1.29 is 4.74 Å². The molecule has 0 bridgehead atoms.